The second-order valence-electron chi connectivity index (χ2n) is 5.27. The normalized spacial score (nSPS) is 17.9. The molecular weight excluding hydrogens is 282 g/mol. The highest BCUT2D eigenvalue weighted by molar-refractivity contribution is 7.09. The van der Waals surface area contributed by atoms with Crippen LogP contribution in [-0.4, -0.2) is 17.4 Å². The van der Waals surface area contributed by atoms with Gasteiger partial charge >= 0.3 is 0 Å². The van der Waals surface area contributed by atoms with Gasteiger partial charge in [0.15, 0.2) is 0 Å². The van der Waals surface area contributed by atoms with Gasteiger partial charge in [-0.15, -0.1) is 11.3 Å². The van der Waals surface area contributed by atoms with Crippen LogP contribution < -0.4 is 10.6 Å². The van der Waals surface area contributed by atoms with Gasteiger partial charge in [0.25, 0.3) is 0 Å². The van der Waals surface area contributed by atoms with Crippen LogP contribution in [0.3, 0.4) is 0 Å². The van der Waals surface area contributed by atoms with Gasteiger partial charge in [-0.2, -0.15) is 0 Å². The first-order chi connectivity index (χ1) is 10.3. The first-order valence-corrected chi connectivity index (χ1v) is 8.17. The molecule has 1 aliphatic rings. The predicted molar refractivity (Wildman–Crippen MR) is 85.6 cm³/mol. The summed E-state index contributed by atoms with van der Waals surface area (Å²) in [6.45, 7) is 2.90. The molecule has 0 bridgehead atoms. The second-order valence-corrected chi connectivity index (χ2v) is 6.19. The summed E-state index contributed by atoms with van der Waals surface area (Å²) in [5.74, 6) is 0.357. The van der Waals surface area contributed by atoms with E-state index in [1.165, 1.54) is 5.56 Å². The molecule has 0 saturated heterocycles. The molecule has 2 atom stereocenters. The molecule has 4 nitrogen and oxygen atoms in total. The van der Waals surface area contributed by atoms with Crippen molar-refractivity contribution in [3.8, 4) is 0 Å². The standard InChI is InChI=1S/C16H19N3OS/c1-2-13(16-17-7-8-21-16)19-15(20)9-11-10-18-14-6-4-3-5-12(11)14/h3-8,11,13,18H,2,9-10H2,1H3,(H,19,20). The molecule has 0 fully saturated rings. The van der Waals surface area contributed by atoms with Gasteiger partial charge in [0, 0.05) is 36.1 Å². The van der Waals surface area contributed by atoms with Crippen molar-refractivity contribution in [2.75, 3.05) is 11.9 Å². The summed E-state index contributed by atoms with van der Waals surface area (Å²) < 4.78 is 0. The first kappa shape index (κ1) is 14.1. The summed E-state index contributed by atoms with van der Waals surface area (Å²) in [5.41, 5.74) is 2.40. The lowest BCUT2D eigenvalue weighted by Gasteiger charge is -2.16. The van der Waals surface area contributed by atoms with E-state index in [9.17, 15) is 4.79 Å². The number of thiazole rings is 1. The zero-order valence-electron chi connectivity index (χ0n) is 12.0. The van der Waals surface area contributed by atoms with E-state index in [1.54, 1.807) is 17.5 Å². The maximum absolute atomic E-state index is 12.3. The Labute approximate surface area is 128 Å². The van der Waals surface area contributed by atoms with Crippen LogP contribution in [0.15, 0.2) is 35.8 Å². The third-order valence-electron chi connectivity index (χ3n) is 3.86. The highest BCUT2D eigenvalue weighted by atomic mass is 32.1. The maximum atomic E-state index is 12.3. The zero-order valence-corrected chi connectivity index (χ0v) is 12.8. The number of aromatic nitrogens is 1. The van der Waals surface area contributed by atoms with Crippen LogP contribution in [0.5, 0.6) is 0 Å². The van der Waals surface area contributed by atoms with Crippen molar-refractivity contribution in [3.05, 3.63) is 46.4 Å². The number of nitrogens with one attached hydrogen (secondary N) is 2. The lowest BCUT2D eigenvalue weighted by atomic mass is 9.97. The molecule has 5 heteroatoms. The summed E-state index contributed by atoms with van der Waals surface area (Å²) in [6.07, 6.45) is 3.16. The Morgan fingerprint density at radius 3 is 3.14 bits per heavy atom. The summed E-state index contributed by atoms with van der Waals surface area (Å²) >= 11 is 1.59. The molecule has 1 amide bonds. The van der Waals surface area contributed by atoms with Gasteiger partial charge in [-0.25, -0.2) is 4.98 Å². The summed E-state index contributed by atoms with van der Waals surface area (Å²) in [7, 11) is 0. The molecule has 0 radical (unpaired) electrons. The van der Waals surface area contributed by atoms with Crippen LogP contribution in [-0.2, 0) is 4.79 Å². The quantitative estimate of drug-likeness (QED) is 0.891. The van der Waals surface area contributed by atoms with Crippen LogP contribution in [0.25, 0.3) is 0 Å². The molecule has 1 aromatic heterocycles. The van der Waals surface area contributed by atoms with Crippen LogP contribution in [0.1, 0.15) is 42.3 Å². The first-order valence-electron chi connectivity index (χ1n) is 7.29. The largest absolute Gasteiger partial charge is 0.384 e. The van der Waals surface area contributed by atoms with Crippen LogP contribution >= 0.6 is 11.3 Å². The lowest BCUT2D eigenvalue weighted by Crippen LogP contribution is -2.29. The Morgan fingerprint density at radius 2 is 2.38 bits per heavy atom. The van der Waals surface area contributed by atoms with Crippen molar-refractivity contribution in [1.29, 1.82) is 0 Å². The number of carbonyl (C=O) groups is 1. The molecule has 1 aromatic carbocycles. The van der Waals surface area contributed by atoms with E-state index in [0.717, 1.165) is 23.7 Å². The number of carbonyl (C=O) groups excluding carboxylic acids is 1. The molecule has 0 saturated carbocycles. The molecule has 2 unspecified atom stereocenters. The minimum absolute atomic E-state index is 0.0297. The fourth-order valence-corrected chi connectivity index (χ4v) is 3.53. The average molecular weight is 301 g/mol. The van der Waals surface area contributed by atoms with Crippen molar-refractivity contribution in [1.82, 2.24) is 10.3 Å². The van der Waals surface area contributed by atoms with Gasteiger partial charge < -0.3 is 10.6 Å². The summed E-state index contributed by atoms with van der Waals surface area (Å²) in [6, 6.07) is 8.25. The molecule has 21 heavy (non-hydrogen) atoms. The molecule has 2 aromatic rings. The number of anilines is 1. The van der Waals surface area contributed by atoms with E-state index in [0.29, 0.717) is 6.42 Å². The molecule has 1 aliphatic heterocycles. The topological polar surface area (TPSA) is 54.0 Å². The fourth-order valence-electron chi connectivity index (χ4n) is 2.76. The SMILES string of the molecule is CCC(NC(=O)CC1CNc2ccccc21)c1nccs1. The Bertz CT molecular complexity index is 612. The number of amides is 1. The lowest BCUT2D eigenvalue weighted by molar-refractivity contribution is -0.122. The number of para-hydroxylation sites is 1. The number of hydrogen-bond acceptors (Lipinski definition) is 4. The van der Waals surface area contributed by atoms with Crippen LogP contribution in [0.2, 0.25) is 0 Å². The van der Waals surface area contributed by atoms with Gasteiger partial charge in [0.2, 0.25) is 5.91 Å². The van der Waals surface area contributed by atoms with Gasteiger partial charge in [-0.3, -0.25) is 4.79 Å². The minimum Gasteiger partial charge on any atom is -0.384 e. The Kier molecular flexibility index (Phi) is 4.20. The van der Waals surface area contributed by atoms with E-state index >= 15 is 0 Å². The molecule has 2 N–H and O–H groups in total. The minimum atomic E-state index is 0.0297. The Morgan fingerprint density at radius 1 is 1.52 bits per heavy atom. The smallest absolute Gasteiger partial charge is 0.221 e. The molecule has 3 rings (SSSR count). The summed E-state index contributed by atoms with van der Waals surface area (Å²) in [4.78, 5) is 16.6. The fraction of sp³-hybridized carbons (Fsp3) is 0.375. The highest BCUT2D eigenvalue weighted by Crippen LogP contribution is 2.33. The van der Waals surface area contributed by atoms with Crippen LogP contribution in [0.4, 0.5) is 5.69 Å². The number of fused-ring (bicyclic) bond motifs is 1. The monoisotopic (exact) mass is 301 g/mol. The molecule has 0 aliphatic carbocycles. The zero-order chi connectivity index (χ0) is 14.7. The van der Waals surface area contributed by atoms with Gasteiger partial charge in [-0.1, -0.05) is 25.1 Å². The maximum Gasteiger partial charge on any atom is 0.221 e. The second kappa shape index (κ2) is 6.26. The van der Waals surface area contributed by atoms with Gasteiger partial charge in [0.1, 0.15) is 5.01 Å². The van der Waals surface area contributed by atoms with Gasteiger partial charge in [-0.05, 0) is 18.1 Å². The molecular formula is C16H19N3OS. The third-order valence-corrected chi connectivity index (χ3v) is 4.75. The van der Waals surface area contributed by atoms with Crippen LogP contribution in [0, 0.1) is 0 Å². The number of nitrogens with zero attached hydrogens (tertiary/aromatic N) is 1. The van der Waals surface area contributed by atoms with E-state index in [2.05, 4.69) is 34.7 Å². The molecule has 2 heterocycles. The van der Waals surface area contributed by atoms with Crippen molar-refractivity contribution in [2.45, 2.75) is 31.7 Å². The van der Waals surface area contributed by atoms with E-state index in [4.69, 9.17) is 0 Å². The predicted octanol–water partition coefficient (Wildman–Crippen LogP) is 3.31. The van der Waals surface area contributed by atoms with E-state index in [-0.39, 0.29) is 17.9 Å². The molecule has 110 valence electrons. The third kappa shape index (κ3) is 3.08. The molecule has 0 spiro atoms. The number of rotatable bonds is 5. The number of hydrogen-bond donors (Lipinski definition) is 2. The van der Waals surface area contributed by atoms with Crippen molar-refractivity contribution >= 4 is 22.9 Å². The summed E-state index contributed by atoms with van der Waals surface area (Å²) in [5, 5.41) is 9.40. The van der Waals surface area contributed by atoms with Crippen molar-refractivity contribution < 1.29 is 4.79 Å². The number of benzene rings is 1. The Hall–Kier alpha value is -1.88. The Balaban J connectivity index is 1.62. The van der Waals surface area contributed by atoms with E-state index in [1.807, 2.05) is 17.5 Å². The van der Waals surface area contributed by atoms with Gasteiger partial charge in [0.05, 0.1) is 6.04 Å². The van der Waals surface area contributed by atoms with Crippen molar-refractivity contribution in [2.24, 2.45) is 0 Å². The average Bonchev–Trinajstić information content (AvgIpc) is 3.15. The highest BCUT2D eigenvalue weighted by Gasteiger charge is 2.25. The van der Waals surface area contributed by atoms with Crippen molar-refractivity contribution in [3.63, 3.8) is 0 Å². The van der Waals surface area contributed by atoms with E-state index < -0.39 is 0 Å².